The van der Waals surface area contributed by atoms with Crippen molar-refractivity contribution in [2.75, 3.05) is 7.05 Å². The number of fused-ring (bicyclic) bond motifs is 1. The molecule has 7 aromatic rings. The van der Waals surface area contributed by atoms with E-state index in [4.69, 9.17) is 4.98 Å². The van der Waals surface area contributed by atoms with Crippen molar-refractivity contribution in [1.29, 1.82) is 0 Å². The van der Waals surface area contributed by atoms with Crippen molar-refractivity contribution in [2.45, 2.75) is 6.54 Å². The monoisotopic (exact) mass is 603 g/mol. The predicted octanol–water partition coefficient (Wildman–Crippen LogP) is 7.72. The van der Waals surface area contributed by atoms with Gasteiger partial charge in [-0.2, -0.15) is 0 Å². The van der Waals surface area contributed by atoms with Crippen LogP contribution in [0.2, 0.25) is 0 Å². The molecule has 5 heteroatoms. The number of carbonyl (C=O) groups is 1. The Morgan fingerprint density at radius 1 is 0.622 bits per heavy atom. The molecule has 5 aromatic carbocycles. The Labute approximate surface area is 266 Å². The first-order valence-electron chi connectivity index (χ1n) is 15.0. The highest BCUT2D eigenvalue weighted by atomic mass is 31.1. The fourth-order valence-corrected chi connectivity index (χ4v) is 7.57. The van der Waals surface area contributed by atoms with E-state index in [2.05, 4.69) is 91.0 Å². The smallest absolute Gasteiger partial charge is 0.274 e. The van der Waals surface area contributed by atoms with Crippen LogP contribution in [0, 0.1) is 0 Å². The molecular weight excluding hydrogens is 569 g/mol. The van der Waals surface area contributed by atoms with E-state index in [1.54, 1.807) is 18.1 Å². The number of hydrogen-bond donors (Lipinski definition) is 0. The summed E-state index contributed by atoms with van der Waals surface area (Å²) in [5, 5.41) is 4.19. The number of hydrogen-bond acceptors (Lipinski definition) is 2. The summed E-state index contributed by atoms with van der Waals surface area (Å²) in [6.45, 7) is 0.547. The van der Waals surface area contributed by atoms with E-state index in [-0.39, 0.29) is 5.91 Å². The third kappa shape index (κ3) is 7.26. The van der Waals surface area contributed by atoms with Gasteiger partial charge in [0.25, 0.3) is 5.91 Å². The highest BCUT2D eigenvalue weighted by molar-refractivity contribution is 7.79. The highest BCUT2D eigenvalue weighted by Crippen LogP contribution is 2.32. The van der Waals surface area contributed by atoms with Crippen LogP contribution >= 0.6 is 7.92 Å². The zero-order valence-electron chi connectivity index (χ0n) is 25.1. The van der Waals surface area contributed by atoms with Crippen molar-refractivity contribution in [3.05, 3.63) is 187 Å². The highest BCUT2D eigenvalue weighted by Gasteiger charge is 2.18. The maximum atomic E-state index is 12.9. The van der Waals surface area contributed by atoms with Crippen molar-refractivity contribution in [3.8, 4) is 11.3 Å². The van der Waals surface area contributed by atoms with Crippen molar-refractivity contribution in [1.82, 2.24) is 14.3 Å². The molecule has 0 spiro atoms. The van der Waals surface area contributed by atoms with Crippen molar-refractivity contribution < 1.29 is 4.79 Å². The minimum absolute atomic E-state index is 0.0957. The average Bonchev–Trinajstić information content (AvgIpc) is 3.59. The van der Waals surface area contributed by atoms with E-state index in [1.165, 1.54) is 15.9 Å². The molecule has 0 unspecified atom stereocenters. The summed E-state index contributed by atoms with van der Waals surface area (Å²) in [6.07, 6.45) is 3.74. The normalized spacial score (nSPS) is 10.7. The average molecular weight is 604 g/mol. The van der Waals surface area contributed by atoms with Gasteiger partial charge in [0.15, 0.2) is 0 Å². The van der Waals surface area contributed by atoms with E-state index < -0.39 is 7.92 Å². The van der Waals surface area contributed by atoms with Crippen molar-refractivity contribution >= 4 is 35.3 Å². The van der Waals surface area contributed by atoms with Gasteiger partial charge < -0.3 is 9.30 Å². The first-order valence-corrected chi connectivity index (χ1v) is 16.3. The van der Waals surface area contributed by atoms with Gasteiger partial charge in [0.2, 0.25) is 0 Å². The zero-order chi connectivity index (χ0) is 30.8. The van der Waals surface area contributed by atoms with Gasteiger partial charge >= 0.3 is 0 Å². The number of carbonyl (C=O) groups excluding carboxylic acids is 1. The van der Waals surface area contributed by atoms with Gasteiger partial charge in [-0.25, -0.2) is 4.98 Å². The SMILES string of the molecule is CN(Cc1ccccc1)C(=O)c1cn2cccc2c(-c2ccccc2)n1.c1ccc(P(c2ccccc2)c2ccccc2)cc1. The minimum atomic E-state index is -0.446. The van der Waals surface area contributed by atoms with Crippen LogP contribution < -0.4 is 15.9 Å². The summed E-state index contributed by atoms with van der Waals surface area (Å²) in [7, 11) is 1.36. The summed E-state index contributed by atoms with van der Waals surface area (Å²) in [4.78, 5) is 19.3. The quantitative estimate of drug-likeness (QED) is 0.175. The zero-order valence-corrected chi connectivity index (χ0v) is 26.0. The predicted molar refractivity (Wildman–Crippen MR) is 188 cm³/mol. The van der Waals surface area contributed by atoms with Crippen LogP contribution in [0.1, 0.15) is 16.1 Å². The lowest BCUT2D eigenvalue weighted by Crippen LogP contribution is -2.27. The van der Waals surface area contributed by atoms with Crippen LogP contribution in [-0.2, 0) is 6.54 Å². The molecule has 45 heavy (non-hydrogen) atoms. The molecule has 0 saturated heterocycles. The van der Waals surface area contributed by atoms with E-state index in [1.807, 2.05) is 83.4 Å². The molecule has 0 saturated carbocycles. The van der Waals surface area contributed by atoms with E-state index in [9.17, 15) is 4.79 Å². The van der Waals surface area contributed by atoms with Crippen LogP contribution in [-0.4, -0.2) is 27.2 Å². The molecule has 0 aliphatic rings. The Morgan fingerprint density at radius 3 is 1.60 bits per heavy atom. The molecule has 0 bridgehead atoms. The fourth-order valence-electron chi connectivity index (χ4n) is 5.26. The van der Waals surface area contributed by atoms with Crippen LogP contribution in [0.15, 0.2) is 176 Å². The first-order chi connectivity index (χ1) is 22.2. The maximum Gasteiger partial charge on any atom is 0.274 e. The van der Waals surface area contributed by atoms with Gasteiger partial charge in [-0.3, -0.25) is 4.79 Å². The first kappa shape index (κ1) is 29.7. The second-order valence-corrected chi connectivity index (χ2v) is 12.9. The van der Waals surface area contributed by atoms with Crippen LogP contribution in [0.25, 0.3) is 16.8 Å². The molecule has 0 radical (unpaired) electrons. The topological polar surface area (TPSA) is 37.6 Å². The van der Waals surface area contributed by atoms with Gasteiger partial charge in [-0.15, -0.1) is 0 Å². The Balaban J connectivity index is 0.000000167. The number of rotatable bonds is 7. The standard InChI is InChI=1S/C22H19N3O.C18H15P/c1-24(15-17-9-4-2-5-10-17)22(26)19-16-25-14-8-13-20(25)21(23-19)18-11-6-3-7-12-18;1-4-10-16(11-5-1)19(17-12-6-2-7-13-17)18-14-8-3-9-15-18/h2-14,16H,15H2,1H3;1-15H. The van der Waals surface area contributed by atoms with Crippen LogP contribution in [0.5, 0.6) is 0 Å². The molecule has 0 aliphatic heterocycles. The van der Waals surface area contributed by atoms with Crippen LogP contribution in [0.3, 0.4) is 0 Å². The summed E-state index contributed by atoms with van der Waals surface area (Å²) in [5.74, 6) is -0.0957. The van der Waals surface area contributed by atoms with Gasteiger partial charge in [0.1, 0.15) is 5.69 Å². The molecule has 2 aromatic heterocycles. The van der Waals surface area contributed by atoms with Gasteiger partial charge in [0.05, 0.1) is 11.2 Å². The van der Waals surface area contributed by atoms with Gasteiger partial charge in [0, 0.05) is 31.5 Å². The Bertz CT molecular complexity index is 1850. The molecule has 0 aliphatic carbocycles. The maximum absolute atomic E-state index is 12.9. The van der Waals surface area contributed by atoms with E-state index in [0.29, 0.717) is 12.2 Å². The fraction of sp³-hybridized carbons (Fsp3) is 0.0500. The summed E-state index contributed by atoms with van der Waals surface area (Å²) in [6, 6.07) is 56.2. The Morgan fingerprint density at radius 2 is 1.09 bits per heavy atom. The lowest BCUT2D eigenvalue weighted by Gasteiger charge is -2.18. The molecule has 0 N–H and O–H groups in total. The molecule has 7 rings (SSSR count). The van der Waals surface area contributed by atoms with Crippen LogP contribution in [0.4, 0.5) is 0 Å². The lowest BCUT2D eigenvalue weighted by atomic mass is 10.1. The Hall–Kier alpha value is -5.31. The number of amides is 1. The van der Waals surface area contributed by atoms with Crippen molar-refractivity contribution in [3.63, 3.8) is 0 Å². The number of aromatic nitrogens is 2. The molecular formula is C40H34N3OP. The molecule has 0 atom stereocenters. The molecule has 4 nitrogen and oxygen atoms in total. The number of nitrogens with zero attached hydrogens (tertiary/aromatic N) is 3. The third-order valence-electron chi connectivity index (χ3n) is 7.43. The summed E-state index contributed by atoms with van der Waals surface area (Å²) < 4.78 is 1.96. The minimum Gasteiger partial charge on any atom is -0.336 e. The third-order valence-corrected chi connectivity index (χ3v) is 9.88. The molecule has 220 valence electrons. The molecule has 1 amide bonds. The van der Waals surface area contributed by atoms with Crippen molar-refractivity contribution in [2.24, 2.45) is 0 Å². The second-order valence-electron chi connectivity index (χ2n) is 10.6. The lowest BCUT2D eigenvalue weighted by molar-refractivity contribution is 0.0779. The van der Waals surface area contributed by atoms with Gasteiger partial charge in [-0.1, -0.05) is 152 Å². The summed E-state index contributed by atoms with van der Waals surface area (Å²) >= 11 is 0. The summed E-state index contributed by atoms with van der Waals surface area (Å²) in [5.41, 5.74) is 4.32. The van der Waals surface area contributed by atoms with Gasteiger partial charge in [-0.05, 0) is 41.5 Å². The second kappa shape index (κ2) is 14.4. The Kier molecular flexibility index (Phi) is 9.55. The molecule has 0 fully saturated rings. The largest absolute Gasteiger partial charge is 0.336 e. The molecule has 2 heterocycles. The van der Waals surface area contributed by atoms with E-state index >= 15 is 0 Å². The number of benzene rings is 5. The van der Waals surface area contributed by atoms with E-state index in [0.717, 1.165) is 22.3 Å².